The molecule has 2 aromatic rings. The number of carboxylic acid groups (broad SMARTS) is 1. The van der Waals surface area contributed by atoms with Crippen LogP contribution < -0.4 is 9.64 Å². The van der Waals surface area contributed by atoms with Crippen molar-refractivity contribution in [3.05, 3.63) is 48.2 Å². The van der Waals surface area contributed by atoms with Crippen molar-refractivity contribution in [2.75, 3.05) is 18.0 Å². The molecule has 2 heterocycles. The summed E-state index contributed by atoms with van der Waals surface area (Å²) in [6.07, 6.45) is 3.86. The molecule has 0 bridgehead atoms. The molecule has 7 heteroatoms. The van der Waals surface area contributed by atoms with Gasteiger partial charge in [0.1, 0.15) is 23.7 Å². The number of hydrogen-bond donors (Lipinski definition) is 1. The van der Waals surface area contributed by atoms with Crippen LogP contribution in [0.25, 0.3) is 0 Å². The molecule has 3 rings (SSSR count). The highest BCUT2D eigenvalue weighted by molar-refractivity contribution is 5.78. The van der Waals surface area contributed by atoms with Crippen molar-refractivity contribution in [3.63, 3.8) is 0 Å². The number of aromatic nitrogens is 2. The number of ether oxygens (including phenoxy) is 1. The van der Waals surface area contributed by atoms with Gasteiger partial charge >= 0.3 is 5.97 Å². The molecular weight excluding hydrogens is 337 g/mol. The lowest BCUT2D eigenvalue weighted by atomic mass is 9.90. The van der Waals surface area contributed by atoms with Gasteiger partial charge in [-0.3, -0.25) is 0 Å². The first-order valence-corrected chi connectivity index (χ1v) is 8.64. The third-order valence-electron chi connectivity index (χ3n) is 4.71. The van der Waals surface area contributed by atoms with Gasteiger partial charge in [-0.2, -0.15) is 0 Å². The molecule has 6 nitrogen and oxygen atoms in total. The van der Waals surface area contributed by atoms with Gasteiger partial charge in [-0.25, -0.2) is 19.2 Å². The second-order valence-corrected chi connectivity index (χ2v) is 6.80. The first kappa shape index (κ1) is 18.1. The quantitative estimate of drug-likeness (QED) is 0.883. The fourth-order valence-electron chi connectivity index (χ4n) is 3.20. The number of piperidine rings is 1. The fourth-order valence-corrected chi connectivity index (χ4v) is 3.20. The van der Waals surface area contributed by atoms with E-state index in [-0.39, 0.29) is 24.5 Å². The number of anilines is 1. The molecule has 1 aliphatic rings. The molecular formula is C19H22FN3O3. The third-order valence-corrected chi connectivity index (χ3v) is 4.71. The molecule has 1 aromatic heterocycles. The van der Waals surface area contributed by atoms with Crippen molar-refractivity contribution >= 4 is 11.8 Å². The zero-order valence-electron chi connectivity index (χ0n) is 14.9. The van der Waals surface area contributed by atoms with Crippen LogP contribution in [0.15, 0.2) is 36.8 Å². The van der Waals surface area contributed by atoms with E-state index in [1.54, 1.807) is 12.3 Å². The van der Waals surface area contributed by atoms with Gasteiger partial charge in [0.05, 0.1) is 0 Å². The summed E-state index contributed by atoms with van der Waals surface area (Å²) in [6.45, 7) is 5.11. The second-order valence-electron chi connectivity index (χ2n) is 6.80. The van der Waals surface area contributed by atoms with Gasteiger partial charge in [-0.15, -0.1) is 0 Å². The molecule has 1 saturated heterocycles. The van der Waals surface area contributed by atoms with E-state index in [0.717, 1.165) is 11.4 Å². The van der Waals surface area contributed by atoms with Crippen LogP contribution in [0.2, 0.25) is 0 Å². The van der Waals surface area contributed by atoms with Crippen molar-refractivity contribution in [2.24, 2.45) is 0 Å². The summed E-state index contributed by atoms with van der Waals surface area (Å²) in [5.41, 5.74) is -0.337. The van der Waals surface area contributed by atoms with Gasteiger partial charge in [-0.1, -0.05) is 19.9 Å². The Morgan fingerprint density at radius 1 is 1.35 bits per heavy atom. The fraction of sp³-hybridized carbons (Fsp3) is 0.421. The SMILES string of the molecule is CC(C)c1cncnc1N1CCC(Oc2cccc(F)c2)(C(=O)O)CC1. The molecule has 26 heavy (non-hydrogen) atoms. The van der Waals surface area contributed by atoms with Gasteiger partial charge in [0, 0.05) is 43.8 Å². The molecule has 0 radical (unpaired) electrons. The Kier molecular flexibility index (Phi) is 5.06. The second kappa shape index (κ2) is 7.27. The Morgan fingerprint density at radius 2 is 2.08 bits per heavy atom. The largest absolute Gasteiger partial charge is 0.478 e. The van der Waals surface area contributed by atoms with Gasteiger partial charge in [0.25, 0.3) is 0 Å². The minimum atomic E-state index is -1.37. The Balaban J connectivity index is 1.79. The smallest absolute Gasteiger partial charge is 0.348 e. The molecule has 0 amide bonds. The summed E-state index contributed by atoms with van der Waals surface area (Å²) in [7, 11) is 0. The molecule has 1 aliphatic heterocycles. The lowest BCUT2D eigenvalue weighted by Crippen LogP contribution is -2.53. The Bertz CT molecular complexity index is 789. The summed E-state index contributed by atoms with van der Waals surface area (Å²) in [5, 5.41) is 9.76. The van der Waals surface area contributed by atoms with E-state index in [2.05, 4.69) is 28.7 Å². The number of aliphatic carboxylic acids is 1. The Morgan fingerprint density at radius 3 is 2.69 bits per heavy atom. The van der Waals surface area contributed by atoms with Crippen LogP contribution >= 0.6 is 0 Å². The summed E-state index contributed by atoms with van der Waals surface area (Å²) in [6, 6.07) is 5.58. The highest BCUT2D eigenvalue weighted by atomic mass is 19.1. The highest BCUT2D eigenvalue weighted by Gasteiger charge is 2.44. The number of carbonyl (C=O) groups is 1. The van der Waals surface area contributed by atoms with Crippen molar-refractivity contribution in [1.29, 1.82) is 0 Å². The number of halogens is 1. The van der Waals surface area contributed by atoms with Crippen LogP contribution in [0.4, 0.5) is 10.2 Å². The first-order valence-electron chi connectivity index (χ1n) is 8.64. The van der Waals surface area contributed by atoms with Crippen molar-refractivity contribution in [2.45, 2.75) is 38.2 Å². The molecule has 0 saturated carbocycles. The van der Waals surface area contributed by atoms with Crippen LogP contribution in [0.5, 0.6) is 5.75 Å². The van der Waals surface area contributed by atoms with E-state index >= 15 is 0 Å². The molecule has 0 atom stereocenters. The minimum Gasteiger partial charge on any atom is -0.478 e. The van der Waals surface area contributed by atoms with E-state index < -0.39 is 17.4 Å². The van der Waals surface area contributed by atoms with Crippen LogP contribution in [-0.2, 0) is 4.79 Å². The zero-order valence-corrected chi connectivity index (χ0v) is 14.9. The van der Waals surface area contributed by atoms with Gasteiger partial charge in [0.2, 0.25) is 5.60 Å². The molecule has 0 spiro atoms. The number of benzene rings is 1. The van der Waals surface area contributed by atoms with Crippen LogP contribution in [0.3, 0.4) is 0 Å². The predicted octanol–water partition coefficient (Wildman–Crippen LogP) is 3.24. The minimum absolute atomic E-state index is 0.228. The standard InChI is InChI=1S/C19H22FN3O3/c1-13(2)16-11-21-12-22-17(16)23-8-6-19(7-9-23,18(24)25)26-15-5-3-4-14(20)10-15/h3-5,10-13H,6-9H2,1-2H3,(H,24,25). The number of rotatable bonds is 5. The van der Waals surface area contributed by atoms with Crippen LogP contribution in [0, 0.1) is 5.82 Å². The normalized spacial score (nSPS) is 16.5. The molecule has 1 aromatic carbocycles. The van der Waals surface area contributed by atoms with Crippen molar-refractivity contribution in [1.82, 2.24) is 9.97 Å². The van der Waals surface area contributed by atoms with E-state index in [1.165, 1.54) is 24.5 Å². The maximum Gasteiger partial charge on any atom is 0.348 e. The molecule has 0 aliphatic carbocycles. The van der Waals surface area contributed by atoms with Gasteiger partial charge < -0.3 is 14.7 Å². The van der Waals surface area contributed by atoms with Crippen molar-refractivity contribution < 1.29 is 19.0 Å². The predicted molar refractivity (Wildman–Crippen MR) is 95.0 cm³/mol. The summed E-state index contributed by atoms with van der Waals surface area (Å²) in [5.74, 6) is -0.164. The van der Waals surface area contributed by atoms with E-state index in [9.17, 15) is 14.3 Å². The number of hydrogen-bond acceptors (Lipinski definition) is 5. The molecule has 1 N–H and O–H groups in total. The average Bonchev–Trinajstić information content (AvgIpc) is 2.62. The lowest BCUT2D eigenvalue weighted by molar-refractivity contribution is -0.157. The number of nitrogens with zero attached hydrogens (tertiary/aromatic N) is 3. The maximum atomic E-state index is 13.4. The average molecular weight is 359 g/mol. The first-order chi connectivity index (χ1) is 12.4. The molecule has 138 valence electrons. The monoisotopic (exact) mass is 359 g/mol. The molecule has 0 unspecified atom stereocenters. The Hall–Kier alpha value is -2.70. The third kappa shape index (κ3) is 3.61. The summed E-state index contributed by atoms with van der Waals surface area (Å²) in [4.78, 5) is 22.5. The van der Waals surface area contributed by atoms with Crippen LogP contribution in [-0.4, -0.2) is 39.7 Å². The molecule has 1 fully saturated rings. The number of carboxylic acids is 1. The van der Waals surface area contributed by atoms with E-state index in [0.29, 0.717) is 13.1 Å². The summed E-state index contributed by atoms with van der Waals surface area (Å²) < 4.78 is 19.1. The van der Waals surface area contributed by atoms with Gasteiger partial charge in [0.15, 0.2) is 0 Å². The highest BCUT2D eigenvalue weighted by Crippen LogP contribution is 2.33. The topological polar surface area (TPSA) is 75.5 Å². The van der Waals surface area contributed by atoms with Gasteiger partial charge in [-0.05, 0) is 18.1 Å². The van der Waals surface area contributed by atoms with E-state index in [1.807, 2.05) is 0 Å². The maximum absolute atomic E-state index is 13.4. The Labute approximate surface area is 151 Å². The zero-order chi connectivity index (χ0) is 18.7. The lowest BCUT2D eigenvalue weighted by Gasteiger charge is -2.40. The van der Waals surface area contributed by atoms with Crippen LogP contribution in [0.1, 0.15) is 38.2 Å². The van der Waals surface area contributed by atoms with E-state index in [4.69, 9.17) is 4.74 Å². The summed E-state index contributed by atoms with van der Waals surface area (Å²) >= 11 is 0. The van der Waals surface area contributed by atoms with Crippen molar-refractivity contribution in [3.8, 4) is 5.75 Å².